The number of hydrogen-bond acceptors (Lipinski definition) is 7. The monoisotopic (exact) mass is 462 g/mol. The Labute approximate surface area is 197 Å². The van der Waals surface area contributed by atoms with E-state index in [1.807, 2.05) is 55.5 Å². The molecular weight excluding hydrogens is 436 g/mol. The lowest BCUT2D eigenvalue weighted by molar-refractivity contribution is -0.118. The highest BCUT2D eigenvalue weighted by Crippen LogP contribution is 2.43. The van der Waals surface area contributed by atoms with Crippen LogP contribution in [-0.2, 0) is 4.79 Å². The zero-order chi connectivity index (χ0) is 22.8. The Morgan fingerprint density at radius 2 is 1.88 bits per heavy atom. The number of rotatable bonds is 5. The summed E-state index contributed by atoms with van der Waals surface area (Å²) in [5.74, 6) is 1.89. The van der Waals surface area contributed by atoms with Crippen molar-refractivity contribution >= 4 is 23.4 Å². The maximum absolute atomic E-state index is 12.9. The van der Waals surface area contributed by atoms with Crippen molar-refractivity contribution in [2.24, 2.45) is 0 Å². The molecule has 2 heterocycles. The van der Waals surface area contributed by atoms with Crippen LogP contribution in [0.25, 0.3) is 11.3 Å². The fourth-order valence-electron chi connectivity index (χ4n) is 4.37. The molecule has 1 aliphatic carbocycles. The first-order valence-corrected chi connectivity index (χ1v) is 12.3. The Hall–Kier alpha value is -3.13. The molecule has 170 valence electrons. The average molecular weight is 463 g/mol. The molecule has 3 aromatic rings. The van der Waals surface area contributed by atoms with E-state index in [1.54, 1.807) is 4.90 Å². The van der Waals surface area contributed by atoms with Crippen molar-refractivity contribution in [3.63, 3.8) is 0 Å². The number of ether oxygens (including phenoxy) is 2. The molecule has 2 aromatic carbocycles. The highest BCUT2D eigenvalue weighted by molar-refractivity contribution is 7.99. The molecule has 33 heavy (non-hydrogen) atoms. The van der Waals surface area contributed by atoms with Gasteiger partial charge < -0.3 is 9.47 Å². The average Bonchev–Trinajstić information content (AvgIpc) is 3.28. The summed E-state index contributed by atoms with van der Waals surface area (Å²) in [5.41, 5.74) is 2.84. The van der Waals surface area contributed by atoms with Gasteiger partial charge in [-0.25, -0.2) is 0 Å². The van der Waals surface area contributed by atoms with Gasteiger partial charge in [0.2, 0.25) is 23.2 Å². The number of anilines is 1. The van der Waals surface area contributed by atoms with Gasteiger partial charge in [-0.2, -0.15) is 4.98 Å². The summed E-state index contributed by atoms with van der Waals surface area (Å²) in [7, 11) is 0. The zero-order valence-electron chi connectivity index (χ0n) is 18.7. The molecule has 0 bridgehead atoms. The quantitative estimate of drug-likeness (QED) is 0.469. The smallest absolute Gasteiger partial charge is 0.247 e. The van der Waals surface area contributed by atoms with E-state index >= 15 is 0 Å². The van der Waals surface area contributed by atoms with Gasteiger partial charge >= 0.3 is 0 Å². The molecule has 5 rings (SSSR count). The molecule has 0 spiro atoms. The lowest BCUT2D eigenvalue weighted by Crippen LogP contribution is -2.36. The van der Waals surface area contributed by atoms with E-state index < -0.39 is 6.23 Å². The topological polar surface area (TPSA) is 77.4 Å². The van der Waals surface area contributed by atoms with Gasteiger partial charge in [-0.3, -0.25) is 9.69 Å². The van der Waals surface area contributed by atoms with Gasteiger partial charge in [0, 0.05) is 18.1 Å². The van der Waals surface area contributed by atoms with E-state index in [1.165, 1.54) is 31.5 Å². The molecule has 1 saturated carbocycles. The lowest BCUT2D eigenvalue weighted by Gasteiger charge is -2.30. The minimum Gasteiger partial charge on any atom is -0.490 e. The third kappa shape index (κ3) is 4.39. The van der Waals surface area contributed by atoms with E-state index in [9.17, 15) is 4.79 Å². The summed E-state index contributed by atoms with van der Waals surface area (Å²) in [6.07, 6.45) is 4.24. The molecule has 1 fully saturated rings. The number of hydrogen-bond donors (Lipinski definition) is 0. The van der Waals surface area contributed by atoms with Crippen molar-refractivity contribution in [3.8, 4) is 22.9 Å². The van der Waals surface area contributed by atoms with E-state index in [0.29, 0.717) is 22.4 Å². The number of aromatic nitrogens is 3. The van der Waals surface area contributed by atoms with Gasteiger partial charge in [-0.05, 0) is 61.8 Å². The molecule has 1 aromatic heterocycles. The number of fused-ring (bicyclic) bond motifs is 3. The number of para-hydroxylation sites is 1. The van der Waals surface area contributed by atoms with E-state index in [2.05, 4.69) is 15.2 Å². The standard InChI is InChI=1S/C25H26N4O3S/c1-3-33-25-26-23-22(27-28-25)20-10-6-7-11-21(20)29(16(2)30)24(32-23)17-12-14-19(15-13-17)31-18-8-4-5-9-18/h6-7,10-15,18,24H,3-5,8-9H2,1-2H3/t24-/m0/s1. The van der Waals surface area contributed by atoms with Crippen LogP contribution < -0.4 is 14.4 Å². The summed E-state index contributed by atoms with van der Waals surface area (Å²) >= 11 is 1.50. The number of benzene rings is 2. The Balaban J connectivity index is 1.56. The predicted octanol–water partition coefficient (Wildman–Crippen LogP) is 5.42. The zero-order valence-corrected chi connectivity index (χ0v) is 19.5. The van der Waals surface area contributed by atoms with E-state index in [4.69, 9.17) is 9.47 Å². The SMILES string of the molecule is CCSc1nnc2c(n1)O[C@@H](c1ccc(OC3CCCC3)cc1)N(C(C)=O)c1ccccc1-2. The Morgan fingerprint density at radius 3 is 2.61 bits per heavy atom. The van der Waals surface area contributed by atoms with Crippen molar-refractivity contribution in [2.45, 2.75) is 57.0 Å². The fourth-order valence-corrected chi connectivity index (χ4v) is 4.87. The second-order valence-electron chi connectivity index (χ2n) is 8.15. The van der Waals surface area contributed by atoms with Crippen LogP contribution in [0.2, 0.25) is 0 Å². The van der Waals surface area contributed by atoms with Gasteiger partial charge in [0.15, 0.2) is 5.69 Å². The minimum absolute atomic E-state index is 0.136. The first-order valence-electron chi connectivity index (χ1n) is 11.3. The highest BCUT2D eigenvalue weighted by Gasteiger charge is 2.34. The molecule has 0 unspecified atom stereocenters. The molecule has 2 aliphatic rings. The summed E-state index contributed by atoms with van der Waals surface area (Å²) in [5, 5.41) is 9.21. The van der Waals surface area contributed by atoms with Crippen molar-refractivity contribution < 1.29 is 14.3 Å². The second kappa shape index (κ2) is 9.39. The van der Waals surface area contributed by atoms with Crippen LogP contribution in [0.3, 0.4) is 0 Å². The molecule has 1 aliphatic heterocycles. The Kier molecular flexibility index (Phi) is 6.17. The Bertz CT molecular complexity index is 1150. The number of thioether (sulfide) groups is 1. The van der Waals surface area contributed by atoms with Gasteiger partial charge in [0.25, 0.3) is 0 Å². The fraction of sp³-hybridized carbons (Fsp3) is 0.360. The second-order valence-corrected chi connectivity index (χ2v) is 9.38. The molecule has 7 nitrogen and oxygen atoms in total. The van der Waals surface area contributed by atoms with Gasteiger partial charge in [0.1, 0.15) is 5.75 Å². The molecule has 0 saturated heterocycles. The third-order valence-corrected chi connectivity index (χ3v) is 6.61. The highest BCUT2D eigenvalue weighted by atomic mass is 32.2. The first kappa shape index (κ1) is 21.7. The van der Waals surface area contributed by atoms with Crippen molar-refractivity contribution in [1.82, 2.24) is 15.2 Å². The molecule has 0 radical (unpaired) electrons. The van der Waals surface area contributed by atoms with Gasteiger partial charge in [0.05, 0.1) is 11.8 Å². The largest absolute Gasteiger partial charge is 0.490 e. The molecule has 8 heteroatoms. The van der Waals surface area contributed by atoms with Gasteiger partial charge in [-0.1, -0.05) is 36.9 Å². The van der Waals surface area contributed by atoms with Crippen LogP contribution in [0.15, 0.2) is 53.7 Å². The van der Waals surface area contributed by atoms with Crippen LogP contribution in [0, 0.1) is 0 Å². The minimum atomic E-state index is -0.693. The molecule has 1 atom stereocenters. The summed E-state index contributed by atoms with van der Waals surface area (Å²) in [4.78, 5) is 19.1. The third-order valence-electron chi connectivity index (χ3n) is 5.89. The molecular formula is C25H26N4O3S. The molecule has 1 amide bonds. The van der Waals surface area contributed by atoms with Crippen LogP contribution in [-0.4, -0.2) is 32.9 Å². The van der Waals surface area contributed by atoms with Gasteiger partial charge in [-0.15, -0.1) is 10.2 Å². The molecule has 0 N–H and O–H groups in total. The normalized spacial score (nSPS) is 17.6. The van der Waals surface area contributed by atoms with Crippen molar-refractivity contribution in [1.29, 1.82) is 0 Å². The first-order chi connectivity index (χ1) is 16.1. The maximum atomic E-state index is 12.9. The van der Waals surface area contributed by atoms with Crippen LogP contribution in [0.1, 0.15) is 51.3 Å². The summed E-state index contributed by atoms with van der Waals surface area (Å²) in [6.45, 7) is 3.57. The van der Waals surface area contributed by atoms with E-state index in [0.717, 1.165) is 35.5 Å². The number of nitrogens with zero attached hydrogens (tertiary/aromatic N) is 4. The van der Waals surface area contributed by atoms with E-state index in [-0.39, 0.29) is 12.0 Å². The maximum Gasteiger partial charge on any atom is 0.247 e. The lowest BCUT2D eigenvalue weighted by atomic mass is 10.1. The predicted molar refractivity (Wildman–Crippen MR) is 128 cm³/mol. The van der Waals surface area contributed by atoms with Crippen LogP contribution in [0.4, 0.5) is 5.69 Å². The van der Waals surface area contributed by atoms with Crippen LogP contribution in [0.5, 0.6) is 11.6 Å². The van der Waals surface area contributed by atoms with Crippen molar-refractivity contribution in [2.75, 3.05) is 10.7 Å². The van der Waals surface area contributed by atoms with Crippen molar-refractivity contribution in [3.05, 3.63) is 54.1 Å². The number of carbonyl (C=O) groups excluding carboxylic acids is 1. The number of carbonyl (C=O) groups is 1. The van der Waals surface area contributed by atoms with Crippen LogP contribution >= 0.6 is 11.8 Å². The number of amides is 1. The summed E-state index contributed by atoms with van der Waals surface area (Å²) in [6, 6.07) is 15.4. The summed E-state index contributed by atoms with van der Waals surface area (Å²) < 4.78 is 12.5. The Morgan fingerprint density at radius 1 is 1.12 bits per heavy atom.